The van der Waals surface area contributed by atoms with Crippen LogP contribution in [0.3, 0.4) is 0 Å². The minimum absolute atomic E-state index is 0.345. The molecule has 1 fully saturated rings. The van der Waals surface area contributed by atoms with Crippen molar-refractivity contribution in [3.05, 3.63) is 18.2 Å². The quantitative estimate of drug-likeness (QED) is 0.876. The van der Waals surface area contributed by atoms with Crippen molar-refractivity contribution in [2.75, 3.05) is 0 Å². The molecule has 1 N–H and O–H groups in total. The molecule has 1 saturated carbocycles. The van der Waals surface area contributed by atoms with E-state index in [0.29, 0.717) is 5.92 Å². The maximum absolute atomic E-state index is 10.5. The highest BCUT2D eigenvalue weighted by atomic mass is 16.3. The van der Waals surface area contributed by atoms with Crippen LogP contribution in [0, 0.1) is 17.8 Å². The largest absolute Gasteiger partial charge is 0.387 e. The van der Waals surface area contributed by atoms with Gasteiger partial charge in [-0.3, -0.25) is 0 Å². The van der Waals surface area contributed by atoms with Gasteiger partial charge in [0.1, 0.15) is 0 Å². The summed E-state index contributed by atoms with van der Waals surface area (Å²) in [4.78, 5) is 4.15. The monoisotopic (exact) mass is 236 g/mol. The van der Waals surface area contributed by atoms with Crippen LogP contribution in [-0.2, 0) is 6.54 Å². The van der Waals surface area contributed by atoms with Crippen molar-refractivity contribution in [3.8, 4) is 0 Å². The second kappa shape index (κ2) is 5.21. The second-order valence-corrected chi connectivity index (χ2v) is 5.73. The lowest BCUT2D eigenvalue weighted by molar-refractivity contribution is 0.0497. The number of aryl methyl sites for hydroxylation is 1. The molecule has 3 heteroatoms. The maximum atomic E-state index is 10.5. The smallest absolute Gasteiger partial charge is 0.0984 e. The van der Waals surface area contributed by atoms with Gasteiger partial charge >= 0.3 is 0 Å². The van der Waals surface area contributed by atoms with Crippen LogP contribution >= 0.6 is 0 Å². The van der Waals surface area contributed by atoms with Crippen LogP contribution in [0.5, 0.6) is 0 Å². The Bertz CT molecular complexity index is 351. The van der Waals surface area contributed by atoms with Crippen molar-refractivity contribution in [3.63, 3.8) is 0 Å². The molecule has 0 spiro atoms. The summed E-state index contributed by atoms with van der Waals surface area (Å²) in [5.74, 6) is 1.86. The molecule has 1 aromatic heterocycles. The topological polar surface area (TPSA) is 38.0 Å². The fourth-order valence-electron chi connectivity index (χ4n) is 3.35. The van der Waals surface area contributed by atoms with Crippen molar-refractivity contribution in [1.29, 1.82) is 0 Å². The van der Waals surface area contributed by atoms with Gasteiger partial charge in [0.15, 0.2) is 0 Å². The standard InChI is InChI=1S/C14H24N2O/c1-4-16-9-15-8-13(16)14(17)12-6-10(2)5-11(3)7-12/h8-12,14,17H,4-7H2,1-3H3. The Labute approximate surface area is 104 Å². The van der Waals surface area contributed by atoms with Crippen LogP contribution in [-0.4, -0.2) is 14.7 Å². The van der Waals surface area contributed by atoms with Gasteiger partial charge < -0.3 is 9.67 Å². The van der Waals surface area contributed by atoms with Gasteiger partial charge in [0, 0.05) is 6.54 Å². The molecule has 1 aromatic rings. The molecule has 0 aliphatic heterocycles. The summed E-state index contributed by atoms with van der Waals surface area (Å²) in [5, 5.41) is 10.5. The molecule has 0 bridgehead atoms. The van der Waals surface area contributed by atoms with Gasteiger partial charge in [0.05, 0.1) is 24.3 Å². The molecule has 17 heavy (non-hydrogen) atoms. The normalized spacial score (nSPS) is 31.4. The van der Waals surface area contributed by atoms with E-state index in [4.69, 9.17) is 0 Å². The van der Waals surface area contributed by atoms with Crippen molar-refractivity contribution in [1.82, 2.24) is 9.55 Å². The van der Waals surface area contributed by atoms with E-state index in [-0.39, 0.29) is 6.10 Å². The lowest BCUT2D eigenvalue weighted by Crippen LogP contribution is -2.25. The summed E-state index contributed by atoms with van der Waals surface area (Å²) in [5.41, 5.74) is 0.985. The molecule has 0 amide bonds. The van der Waals surface area contributed by atoms with Crippen molar-refractivity contribution < 1.29 is 5.11 Å². The zero-order valence-corrected chi connectivity index (χ0v) is 11.1. The lowest BCUT2D eigenvalue weighted by atomic mass is 9.74. The summed E-state index contributed by atoms with van der Waals surface area (Å²) in [6.07, 6.45) is 6.87. The average Bonchev–Trinajstić information content (AvgIpc) is 2.74. The molecule has 0 saturated heterocycles. The van der Waals surface area contributed by atoms with E-state index in [0.717, 1.165) is 36.9 Å². The van der Waals surface area contributed by atoms with Crippen LogP contribution in [0.1, 0.15) is 51.8 Å². The maximum Gasteiger partial charge on any atom is 0.0984 e. The van der Waals surface area contributed by atoms with Gasteiger partial charge in [-0.15, -0.1) is 0 Å². The average molecular weight is 236 g/mol. The molecule has 2 rings (SSSR count). The van der Waals surface area contributed by atoms with Crippen LogP contribution < -0.4 is 0 Å². The van der Waals surface area contributed by atoms with Crippen LogP contribution in [0.15, 0.2) is 12.5 Å². The first-order valence-corrected chi connectivity index (χ1v) is 6.79. The molecule has 1 heterocycles. The van der Waals surface area contributed by atoms with E-state index in [1.165, 1.54) is 6.42 Å². The fraction of sp³-hybridized carbons (Fsp3) is 0.786. The highest BCUT2D eigenvalue weighted by Gasteiger charge is 2.31. The third kappa shape index (κ3) is 2.71. The number of rotatable bonds is 3. The van der Waals surface area contributed by atoms with E-state index < -0.39 is 0 Å². The van der Waals surface area contributed by atoms with Crippen LogP contribution in [0.25, 0.3) is 0 Å². The minimum atomic E-state index is -0.345. The van der Waals surface area contributed by atoms with E-state index in [9.17, 15) is 5.11 Å². The van der Waals surface area contributed by atoms with Crippen molar-refractivity contribution >= 4 is 0 Å². The number of aliphatic hydroxyl groups excluding tert-OH is 1. The Morgan fingerprint density at radius 1 is 1.35 bits per heavy atom. The Morgan fingerprint density at radius 3 is 2.59 bits per heavy atom. The molecule has 1 aliphatic carbocycles. The summed E-state index contributed by atoms with van der Waals surface area (Å²) in [6, 6.07) is 0. The summed E-state index contributed by atoms with van der Waals surface area (Å²) >= 11 is 0. The number of hydrogen-bond acceptors (Lipinski definition) is 2. The molecule has 3 unspecified atom stereocenters. The molecular weight excluding hydrogens is 212 g/mol. The number of nitrogens with zero attached hydrogens (tertiary/aromatic N) is 2. The molecular formula is C14H24N2O. The summed E-state index contributed by atoms with van der Waals surface area (Å²) in [7, 11) is 0. The van der Waals surface area contributed by atoms with Crippen LogP contribution in [0.4, 0.5) is 0 Å². The molecule has 96 valence electrons. The Kier molecular flexibility index (Phi) is 3.87. The minimum Gasteiger partial charge on any atom is -0.387 e. The summed E-state index contributed by atoms with van der Waals surface area (Å²) in [6.45, 7) is 7.56. The zero-order valence-electron chi connectivity index (χ0n) is 11.1. The lowest BCUT2D eigenvalue weighted by Gasteiger charge is -2.34. The van der Waals surface area contributed by atoms with Gasteiger partial charge in [0.2, 0.25) is 0 Å². The molecule has 0 aromatic carbocycles. The Morgan fingerprint density at radius 2 is 2.00 bits per heavy atom. The molecule has 1 aliphatic rings. The first-order chi connectivity index (χ1) is 8.11. The van der Waals surface area contributed by atoms with E-state index in [2.05, 4.69) is 30.3 Å². The first-order valence-electron chi connectivity index (χ1n) is 6.79. The Balaban J connectivity index is 2.11. The number of hydrogen-bond donors (Lipinski definition) is 1. The highest BCUT2D eigenvalue weighted by molar-refractivity contribution is 5.05. The van der Waals surface area contributed by atoms with Gasteiger partial charge in [-0.1, -0.05) is 13.8 Å². The second-order valence-electron chi connectivity index (χ2n) is 5.73. The van der Waals surface area contributed by atoms with Gasteiger partial charge in [-0.05, 0) is 43.9 Å². The SMILES string of the molecule is CCn1cncc1C(O)C1CC(C)CC(C)C1. The number of aromatic nitrogens is 2. The van der Waals surface area contributed by atoms with E-state index in [1.54, 1.807) is 0 Å². The predicted octanol–water partition coefficient (Wildman–Crippen LogP) is 3.01. The van der Waals surface area contributed by atoms with Crippen molar-refractivity contribution in [2.45, 2.75) is 52.7 Å². The van der Waals surface area contributed by atoms with Gasteiger partial charge in [-0.2, -0.15) is 0 Å². The third-order valence-corrected chi connectivity index (χ3v) is 4.05. The van der Waals surface area contributed by atoms with E-state index >= 15 is 0 Å². The van der Waals surface area contributed by atoms with Gasteiger partial charge in [0.25, 0.3) is 0 Å². The predicted molar refractivity (Wildman–Crippen MR) is 68.5 cm³/mol. The van der Waals surface area contributed by atoms with Crippen molar-refractivity contribution in [2.24, 2.45) is 17.8 Å². The number of aliphatic hydroxyl groups is 1. The molecule has 3 atom stereocenters. The third-order valence-electron chi connectivity index (χ3n) is 4.05. The summed E-state index contributed by atoms with van der Waals surface area (Å²) < 4.78 is 2.05. The molecule has 3 nitrogen and oxygen atoms in total. The van der Waals surface area contributed by atoms with Gasteiger partial charge in [-0.25, -0.2) is 4.98 Å². The number of imidazole rings is 1. The highest BCUT2D eigenvalue weighted by Crippen LogP contribution is 2.39. The van der Waals surface area contributed by atoms with Crippen LogP contribution in [0.2, 0.25) is 0 Å². The Hall–Kier alpha value is -0.830. The molecule has 0 radical (unpaired) electrons. The first kappa shape index (κ1) is 12.6. The fourth-order valence-corrected chi connectivity index (χ4v) is 3.35. The zero-order chi connectivity index (χ0) is 12.4. The van der Waals surface area contributed by atoms with E-state index in [1.807, 2.05) is 12.5 Å².